The number of hydrogen-bond donors (Lipinski definition) is 2. The smallest absolute Gasteiger partial charge is 0.226 e. The van der Waals surface area contributed by atoms with Crippen molar-refractivity contribution in [2.45, 2.75) is 13.3 Å². The van der Waals surface area contributed by atoms with E-state index in [1.165, 1.54) is 11.3 Å². The molecule has 2 aromatic heterocycles. The number of ether oxygens (including phenoxy) is 1. The number of pyridine rings is 1. The van der Waals surface area contributed by atoms with Crippen LogP contribution in [-0.4, -0.2) is 36.1 Å². The van der Waals surface area contributed by atoms with E-state index in [0.29, 0.717) is 13.2 Å². The minimum Gasteiger partial charge on any atom is -0.383 e. The zero-order valence-electron chi connectivity index (χ0n) is 12.0. The summed E-state index contributed by atoms with van der Waals surface area (Å²) in [6.45, 7) is 3.02. The molecule has 112 valence electrons. The SMILES string of the molecule is COCCNC(=O)Cc1csc(Nc2cc(C)ccn2)n1. The van der Waals surface area contributed by atoms with Crippen molar-refractivity contribution in [1.29, 1.82) is 0 Å². The predicted octanol–water partition coefficient (Wildman–Crippen LogP) is 1.90. The Bertz CT molecular complexity index is 600. The fraction of sp³-hybridized carbons (Fsp3) is 0.357. The Morgan fingerprint density at radius 1 is 1.48 bits per heavy atom. The zero-order chi connectivity index (χ0) is 15.1. The van der Waals surface area contributed by atoms with Gasteiger partial charge >= 0.3 is 0 Å². The first-order valence-corrected chi connectivity index (χ1v) is 7.45. The van der Waals surface area contributed by atoms with Crippen LogP contribution in [-0.2, 0) is 16.0 Å². The highest BCUT2D eigenvalue weighted by Crippen LogP contribution is 2.20. The van der Waals surface area contributed by atoms with Crippen molar-refractivity contribution in [2.75, 3.05) is 25.6 Å². The number of nitrogens with one attached hydrogen (secondary N) is 2. The molecule has 0 atom stereocenters. The van der Waals surface area contributed by atoms with Gasteiger partial charge in [0.25, 0.3) is 0 Å². The highest BCUT2D eigenvalue weighted by atomic mass is 32.1. The molecule has 6 nitrogen and oxygen atoms in total. The molecule has 2 N–H and O–H groups in total. The van der Waals surface area contributed by atoms with Gasteiger partial charge in [-0.3, -0.25) is 4.79 Å². The third kappa shape index (κ3) is 5.13. The predicted molar refractivity (Wildman–Crippen MR) is 83.0 cm³/mol. The molecule has 21 heavy (non-hydrogen) atoms. The highest BCUT2D eigenvalue weighted by Gasteiger charge is 2.08. The number of carbonyl (C=O) groups excluding carboxylic acids is 1. The molecule has 2 heterocycles. The van der Waals surface area contributed by atoms with Gasteiger partial charge in [0.2, 0.25) is 5.91 Å². The van der Waals surface area contributed by atoms with Gasteiger partial charge in [0.15, 0.2) is 5.13 Å². The number of methoxy groups -OCH3 is 1. The Balaban J connectivity index is 1.88. The molecule has 0 saturated heterocycles. The van der Waals surface area contributed by atoms with Gasteiger partial charge in [0.05, 0.1) is 18.7 Å². The summed E-state index contributed by atoms with van der Waals surface area (Å²) < 4.78 is 4.88. The maximum atomic E-state index is 11.7. The molecule has 0 aromatic carbocycles. The molecule has 0 saturated carbocycles. The van der Waals surface area contributed by atoms with E-state index in [4.69, 9.17) is 4.74 Å². The molecule has 7 heteroatoms. The minimum atomic E-state index is -0.0578. The van der Waals surface area contributed by atoms with Crippen molar-refractivity contribution < 1.29 is 9.53 Å². The van der Waals surface area contributed by atoms with Gasteiger partial charge in [0, 0.05) is 25.2 Å². The molecule has 0 bridgehead atoms. The molecule has 0 spiro atoms. The second-order valence-electron chi connectivity index (χ2n) is 4.51. The number of amides is 1. The van der Waals surface area contributed by atoms with Crippen LogP contribution in [0.15, 0.2) is 23.7 Å². The molecule has 2 rings (SSSR count). The summed E-state index contributed by atoms with van der Waals surface area (Å²) in [5.41, 5.74) is 1.87. The molecular formula is C14H18N4O2S. The zero-order valence-corrected chi connectivity index (χ0v) is 12.9. The van der Waals surface area contributed by atoms with Gasteiger partial charge in [-0.05, 0) is 24.6 Å². The summed E-state index contributed by atoms with van der Waals surface area (Å²) in [4.78, 5) is 20.3. The van der Waals surface area contributed by atoms with Crippen LogP contribution in [0.25, 0.3) is 0 Å². The number of nitrogens with zero attached hydrogens (tertiary/aromatic N) is 2. The molecule has 0 aliphatic carbocycles. The second-order valence-corrected chi connectivity index (χ2v) is 5.37. The molecule has 0 aliphatic rings. The Morgan fingerprint density at radius 3 is 3.10 bits per heavy atom. The first kappa shape index (κ1) is 15.4. The molecule has 0 aliphatic heterocycles. The van der Waals surface area contributed by atoms with Crippen LogP contribution in [0.1, 0.15) is 11.3 Å². The van der Waals surface area contributed by atoms with E-state index in [9.17, 15) is 4.79 Å². The molecule has 0 fully saturated rings. The Morgan fingerprint density at radius 2 is 2.33 bits per heavy atom. The number of aryl methyl sites for hydroxylation is 1. The topological polar surface area (TPSA) is 76.1 Å². The summed E-state index contributed by atoms with van der Waals surface area (Å²) >= 11 is 1.45. The van der Waals surface area contributed by atoms with Crippen LogP contribution in [0.2, 0.25) is 0 Å². The molecule has 0 unspecified atom stereocenters. The van der Waals surface area contributed by atoms with Gasteiger partial charge in [0.1, 0.15) is 5.82 Å². The van der Waals surface area contributed by atoms with Gasteiger partial charge in [-0.1, -0.05) is 0 Å². The van der Waals surface area contributed by atoms with Crippen LogP contribution in [0.4, 0.5) is 10.9 Å². The van der Waals surface area contributed by atoms with Gasteiger partial charge in [-0.15, -0.1) is 11.3 Å². The van der Waals surface area contributed by atoms with E-state index in [0.717, 1.165) is 22.2 Å². The van der Waals surface area contributed by atoms with E-state index in [2.05, 4.69) is 20.6 Å². The van der Waals surface area contributed by atoms with Crippen molar-refractivity contribution in [2.24, 2.45) is 0 Å². The van der Waals surface area contributed by atoms with Gasteiger partial charge < -0.3 is 15.4 Å². The van der Waals surface area contributed by atoms with Crippen molar-refractivity contribution in [1.82, 2.24) is 15.3 Å². The maximum absolute atomic E-state index is 11.7. The Labute approximate surface area is 127 Å². The highest BCUT2D eigenvalue weighted by molar-refractivity contribution is 7.13. The van der Waals surface area contributed by atoms with Gasteiger partial charge in [-0.2, -0.15) is 0 Å². The van der Waals surface area contributed by atoms with Crippen molar-refractivity contribution in [3.05, 3.63) is 35.0 Å². The van der Waals surface area contributed by atoms with E-state index >= 15 is 0 Å². The third-order valence-corrected chi connectivity index (χ3v) is 3.48. The van der Waals surface area contributed by atoms with Crippen LogP contribution in [0.5, 0.6) is 0 Å². The molecule has 0 radical (unpaired) electrons. The van der Waals surface area contributed by atoms with Gasteiger partial charge in [-0.25, -0.2) is 9.97 Å². The maximum Gasteiger partial charge on any atom is 0.226 e. The number of anilines is 2. The number of thiazole rings is 1. The van der Waals surface area contributed by atoms with Crippen molar-refractivity contribution in [3.63, 3.8) is 0 Å². The summed E-state index contributed by atoms with van der Waals surface area (Å²) in [6, 6.07) is 3.88. The van der Waals surface area contributed by atoms with Crippen LogP contribution < -0.4 is 10.6 Å². The minimum absolute atomic E-state index is 0.0578. The molecular weight excluding hydrogens is 288 g/mol. The average molecular weight is 306 g/mol. The third-order valence-electron chi connectivity index (χ3n) is 2.67. The lowest BCUT2D eigenvalue weighted by atomic mass is 10.3. The summed E-state index contributed by atoms with van der Waals surface area (Å²) in [5.74, 6) is 0.693. The fourth-order valence-corrected chi connectivity index (χ4v) is 2.40. The summed E-state index contributed by atoms with van der Waals surface area (Å²) in [5, 5.41) is 8.50. The van der Waals surface area contributed by atoms with E-state index in [1.807, 2.05) is 24.4 Å². The Kier molecular flexibility index (Phi) is 5.65. The van der Waals surface area contributed by atoms with Crippen LogP contribution in [0, 0.1) is 6.92 Å². The van der Waals surface area contributed by atoms with Crippen LogP contribution in [0.3, 0.4) is 0 Å². The quantitative estimate of drug-likeness (QED) is 0.764. The lowest BCUT2D eigenvalue weighted by Gasteiger charge is -2.03. The summed E-state index contributed by atoms with van der Waals surface area (Å²) in [7, 11) is 1.60. The molecule has 2 aromatic rings. The fourth-order valence-electron chi connectivity index (χ4n) is 1.68. The average Bonchev–Trinajstić information content (AvgIpc) is 2.86. The number of carbonyl (C=O) groups is 1. The molecule has 1 amide bonds. The monoisotopic (exact) mass is 306 g/mol. The first-order chi connectivity index (χ1) is 10.2. The number of aromatic nitrogens is 2. The Hall–Kier alpha value is -1.99. The second kappa shape index (κ2) is 7.70. The van der Waals surface area contributed by atoms with Crippen molar-refractivity contribution in [3.8, 4) is 0 Å². The van der Waals surface area contributed by atoms with E-state index < -0.39 is 0 Å². The largest absolute Gasteiger partial charge is 0.383 e. The summed E-state index contributed by atoms with van der Waals surface area (Å²) in [6.07, 6.45) is 2.01. The van der Waals surface area contributed by atoms with E-state index in [1.54, 1.807) is 13.3 Å². The van der Waals surface area contributed by atoms with Crippen LogP contribution >= 0.6 is 11.3 Å². The lowest BCUT2D eigenvalue weighted by molar-refractivity contribution is -0.120. The first-order valence-electron chi connectivity index (χ1n) is 6.57. The number of hydrogen-bond acceptors (Lipinski definition) is 6. The van der Waals surface area contributed by atoms with E-state index in [-0.39, 0.29) is 12.3 Å². The lowest BCUT2D eigenvalue weighted by Crippen LogP contribution is -2.28. The van der Waals surface area contributed by atoms with Crippen molar-refractivity contribution >= 4 is 28.2 Å². The number of rotatable bonds is 7. The normalized spacial score (nSPS) is 10.4. The standard InChI is InChI=1S/C14H18N4O2S/c1-10-3-4-15-12(7-10)18-14-17-11(9-21-14)8-13(19)16-5-6-20-2/h3-4,7,9H,5-6,8H2,1-2H3,(H,16,19)(H,15,17,18).